The third-order valence-electron chi connectivity index (χ3n) is 1.96. The van der Waals surface area contributed by atoms with E-state index in [0.29, 0.717) is 11.4 Å². The Bertz CT molecular complexity index is 542. The zero-order valence-electron chi connectivity index (χ0n) is 9.01. The Hall–Kier alpha value is -1.82. The lowest BCUT2D eigenvalue weighted by atomic mass is 10.2. The van der Waals surface area contributed by atoms with Crippen LogP contribution in [-0.4, -0.2) is 21.9 Å². The van der Waals surface area contributed by atoms with Gasteiger partial charge in [0.25, 0.3) is 0 Å². The first-order chi connectivity index (χ1) is 8.20. The maximum atomic E-state index is 13.0. The van der Waals surface area contributed by atoms with Crippen molar-refractivity contribution in [2.24, 2.45) is 0 Å². The quantitative estimate of drug-likeness (QED) is 0.788. The van der Waals surface area contributed by atoms with Crippen molar-refractivity contribution >= 4 is 17.5 Å². The highest BCUT2D eigenvalue weighted by Crippen LogP contribution is 2.19. The highest BCUT2D eigenvalue weighted by atomic mass is 32.1. The monoisotopic (exact) mass is 252 g/mol. The summed E-state index contributed by atoms with van der Waals surface area (Å²) < 4.78 is 21.8. The van der Waals surface area contributed by atoms with Crippen LogP contribution in [-0.2, 0) is 4.74 Å². The van der Waals surface area contributed by atoms with Crippen molar-refractivity contribution in [2.75, 3.05) is 6.61 Å². The van der Waals surface area contributed by atoms with Crippen LogP contribution in [0.2, 0.25) is 0 Å². The van der Waals surface area contributed by atoms with E-state index in [2.05, 4.69) is 9.36 Å². The molecule has 0 amide bonds. The molecule has 4 nitrogen and oxygen atoms in total. The van der Waals surface area contributed by atoms with Gasteiger partial charge in [0.05, 0.1) is 6.61 Å². The Morgan fingerprint density at radius 2 is 2.35 bits per heavy atom. The van der Waals surface area contributed by atoms with Gasteiger partial charge in [-0.25, -0.2) is 14.2 Å². The summed E-state index contributed by atoms with van der Waals surface area (Å²) in [5.74, 6) is -0.541. The number of ether oxygens (including phenoxy) is 1. The minimum atomic E-state index is -0.507. The number of hydrogen-bond donors (Lipinski definition) is 0. The Morgan fingerprint density at radius 3 is 3.06 bits per heavy atom. The molecule has 0 bridgehead atoms. The summed E-state index contributed by atoms with van der Waals surface area (Å²) in [4.78, 5) is 15.4. The van der Waals surface area contributed by atoms with Gasteiger partial charge >= 0.3 is 5.97 Å². The minimum Gasteiger partial charge on any atom is -0.461 e. The third-order valence-corrected chi connectivity index (χ3v) is 2.65. The minimum absolute atomic E-state index is 0.172. The van der Waals surface area contributed by atoms with E-state index in [1.807, 2.05) is 0 Å². The summed E-state index contributed by atoms with van der Waals surface area (Å²) in [6.07, 6.45) is 0. The van der Waals surface area contributed by atoms with Crippen LogP contribution in [0.1, 0.15) is 16.7 Å². The smallest absolute Gasteiger partial charge is 0.369 e. The van der Waals surface area contributed by atoms with Gasteiger partial charge in [-0.2, -0.15) is 4.37 Å². The molecule has 88 valence electrons. The molecule has 0 atom stereocenters. The lowest BCUT2D eigenvalue weighted by Gasteiger charge is -1.96. The van der Waals surface area contributed by atoms with Crippen molar-refractivity contribution in [1.82, 2.24) is 9.36 Å². The van der Waals surface area contributed by atoms with E-state index in [0.717, 1.165) is 11.5 Å². The maximum absolute atomic E-state index is 13.0. The van der Waals surface area contributed by atoms with E-state index in [9.17, 15) is 9.18 Å². The number of carbonyl (C=O) groups excluding carboxylic acids is 1. The van der Waals surface area contributed by atoms with Gasteiger partial charge in [-0.15, -0.1) is 0 Å². The van der Waals surface area contributed by atoms with Gasteiger partial charge in [-0.1, -0.05) is 12.1 Å². The molecule has 0 spiro atoms. The van der Waals surface area contributed by atoms with Gasteiger partial charge < -0.3 is 4.74 Å². The molecule has 17 heavy (non-hydrogen) atoms. The van der Waals surface area contributed by atoms with E-state index in [1.54, 1.807) is 19.1 Å². The zero-order chi connectivity index (χ0) is 12.3. The van der Waals surface area contributed by atoms with Crippen LogP contribution in [0.3, 0.4) is 0 Å². The number of aromatic nitrogens is 2. The molecule has 0 unspecified atom stereocenters. The fourth-order valence-corrected chi connectivity index (χ4v) is 1.82. The molecule has 1 aromatic heterocycles. The number of esters is 1. The average molecular weight is 252 g/mol. The number of carbonyl (C=O) groups is 1. The van der Waals surface area contributed by atoms with Crippen molar-refractivity contribution in [3.8, 4) is 11.4 Å². The predicted octanol–water partition coefficient (Wildman–Crippen LogP) is 2.52. The average Bonchev–Trinajstić information content (AvgIpc) is 2.78. The van der Waals surface area contributed by atoms with Crippen LogP contribution in [0.5, 0.6) is 0 Å². The third kappa shape index (κ3) is 2.65. The van der Waals surface area contributed by atoms with Crippen LogP contribution in [0.25, 0.3) is 11.4 Å². The predicted molar refractivity (Wildman–Crippen MR) is 61.3 cm³/mol. The van der Waals surface area contributed by atoms with Crippen molar-refractivity contribution in [1.29, 1.82) is 0 Å². The van der Waals surface area contributed by atoms with E-state index in [-0.39, 0.29) is 17.4 Å². The second-order valence-corrected chi connectivity index (χ2v) is 3.91. The lowest BCUT2D eigenvalue weighted by Crippen LogP contribution is -2.03. The molecule has 0 saturated heterocycles. The van der Waals surface area contributed by atoms with Gasteiger partial charge in [0.15, 0.2) is 5.82 Å². The molecule has 0 N–H and O–H groups in total. The largest absolute Gasteiger partial charge is 0.461 e. The van der Waals surface area contributed by atoms with E-state index in [4.69, 9.17) is 4.74 Å². The first-order valence-corrected chi connectivity index (χ1v) is 5.75. The molecule has 2 rings (SSSR count). The van der Waals surface area contributed by atoms with Gasteiger partial charge in [-0.3, -0.25) is 0 Å². The first-order valence-electron chi connectivity index (χ1n) is 4.97. The van der Waals surface area contributed by atoms with Crippen LogP contribution in [0.4, 0.5) is 4.39 Å². The summed E-state index contributed by atoms with van der Waals surface area (Å²) in [6.45, 7) is 2.00. The number of halogens is 1. The molecule has 0 aliphatic carbocycles. The molecular weight excluding hydrogens is 243 g/mol. The van der Waals surface area contributed by atoms with Crippen LogP contribution < -0.4 is 0 Å². The summed E-state index contributed by atoms with van der Waals surface area (Å²) in [5, 5.41) is 0.172. The second-order valence-electron chi connectivity index (χ2n) is 3.15. The Labute approximate surface area is 101 Å². The Balaban J connectivity index is 2.27. The van der Waals surface area contributed by atoms with E-state index < -0.39 is 5.97 Å². The molecule has 0 fully saturated rings. The number of benzene rings is 1. The van der Waals surface area contributed by atoms with Crippen LogP contribution >= 0.6 is 11.5 Å². The van der Waals surface area contributed by atoms with Gasteiger partial charge in [0.2, 0.25) is 5.01 Å². The van der Waals surface area contributed by atoms with Crippen molar-refractivity contribution in [3.05, 3.63) is 35.1 Å². The highest BCUT2D eigenvalue weighted by Gasteiger charge is 2.14. The zero-order valence-corrected chi connectivity index (χ0v) is 9.83. The van der Waals surface area contributed by atoms with Crippen molar-refractivity contribution in [2.45, 2.75) is 6.92 Å². The molecule has 6 heteroatoms. The van der Waals surface area contributed by atoms with Crippen LogP contribution in [0.15, 0.2) is 24.3 Å². The molecule has 2 aromatic rings. The molecule has 0 saturated carbocycles. The Kier molecular flexibility index (Phi) is 3.43. The summed E-state index contributed by atoms with van der Waals surface area (Å²) in [5.41, 5.74) is 0.539. The molecule has 0 aliphatic rings. The molecule has 1 heterocycles. The van der Waals surface area contributed by atoms with Gasteiger partial charge in [-0.05, 0) is 30.6 Å². The Morgan fingerprint density at radius 1 is 1.53 bits per heavy atom. The number of rotatable bonds is 3. The number of hydrogen-bond acceptors (Lipinski definition) is 5. The second kappa shape index (κ2) is 5.01. The van der Waals surface area contributed by atoms with Gasteiger partial charge in [0.1, 0.15) is 5.82 Å². The SMILES string of the molecule is CCOC(=O)c1nc(-c2cccc(F)c2)ns1. The number of nitrogens with zero attached hydrogens (tertiary/aromatic N) is 2. The fraction of sp³-hybridized carbons (Fsp3) is 0.182. The lowest BCUT2D eigenvalue weighted by molar-refractivity contribution is 0.0526. The fourth-order valence-electron chi connectivity index (χ4n) is 1.24. The van der Waals surface area contributed by atoms with E-state index >= 15 is 0 Å². The molecule has 0 aliphatic heterocycles. The normalized spacial score (nSPS) is 10.2. The topological polar surface area (TPSA) is 52.1 Å². The molecule has 1 aromatic carbocycles. The van der Waals surface area contributed by atoms with Crippen molar-refractivity contribution < 1.29 is 13.9 Å². The summed E-state index contributed by atoms with van der Waals surface area (Å²) in [6, 6.07) is 5.90. The summed E-state index contributed by atoms with van der Waals surface area (Å²) >= 11 is 0.940. The maximum Gasteiger partial charge on any atom is 0.369 e. The van der Waals surface area contributed by atoms with Crippen molar-refractivity contribution in [3.63, 3.8) is 0 Å². The molecule has 0 radical (unpaired) electrons. The van der Waals surface area contributed by atoms with E-state index in [1.165, 1.54) is 12.1 Å². The standard InChI is InChI=1S/C11H9FN2O2S/c1-2-16-11(15)10-13-9(14-17-10)7-4-3-5-8(12)6-7/h3-6H,2H2,1H3. The highest BCUT2D eigenvalue weighted by molar-refractivity contribution is 7.07. The van der Waals surface area contributed by atoms with Crippen LogP contribution in [0, 0.1) is 5.82 Å². The molecular formula is C11H9FN2O2S. The summed E-state index contributed by atoms with van der Waals surface area (Å²) in [7, 11) is 0. The first kappa shape index (κ1) is 11.7. The van der Waals surface area contributed by atoms with Gasteiger partial charge in [0, 0.05) is 5.56 Å².